The SMILES string of the molecule is CCOc1cccc2cc(C(=O)N3C[C@@H](C)O[C@H](C)C3)c(=O)oc12. The Morgan fingerprint density at radius 1 is 1.29 bits per heavy atom. The van der Waals surface area contributed by atoms with Gasteiger partial charge in [-0.3, -0.25) is 4.79 Å². The Morgan fingerprint density at radius 3 is 2.67 bits per heavy atom. The summed E-state index contributed by atoms with van der Waals surface area (Å²) in [6, 6.07) is 6.92. The fourth-order valence-corrected chi connectivity index (χ4v) is 3.05. The number of ether oxygens (including phenoxy) is 2. The highest BCUT2D eigenvalue weighted by molar-refractivity contribution is 5.97. The number of carbonyl (C=O) groups excluding carboxylic acids is 1. The summed E-state index contributed by atoms with van der Waals surface area (Å²) in [4.78, 5) is 26.7. The number of hydrogen-bond donors (Lipinski definition) is 0. The molecule has 2 aromatic rings. The van der Waals surface area contributed by atoms with Crippen LogP contribution in [0.2, 0.25) is 0 Å². The van der Waals surface area contributed by atoms with Crippen LogP contribution >= 0.6 is 0 Å². The second-order valence-corrected chi connectivity index (χ2v) is 6.02. The van der Waals surface area contributed by atoms with Crippen LogP contribution in [0.4, 0.5) is 0 Å². The summed E-state index contributed by atoms with van der Waals surface area (Å²) < 4.78 is 16.5. The van der Waals surface area contributed by atoms with E-state index in [1.54, 1.807) is 29.2 Å². The average molecular weight is 331 g/mol. The topological polar surface area (TPSA) is 69.0 Å². The molecular weight excluding hydrogens is 310 g/mol. The van der Waals surface area contributed by atoms with E-state index in [0.29, 0.717) is 36.4 Å². The van der Waals surface area contributed by atoms with Crippen molar-refractivity contribution in [2.24, 2.45) is 0 Å². The summed E-state index contributed by atoms with van der Waals surface area (Å²) in [5.41, 5.74) is -0.242. The Balaban J connectivity index is 1.99. The van der Waals surface area contributed by atoms with Crippen molar-refractivity contribution in [3.8, 4) is 5.75 Å². The van der Waals surface area contributed by atoms with E-state index in [1.807, 2.05) is 20.8 Å². The van der Waals surface area contributed by atoms with E-state index < -0.39 is 5.63 Å². The highest BCUT2D eigenvalue weighted by Gasteiger charge is 2.28. The zero-order valence-corrected chi connectivity index (χ0v) is 14.1. The van der Waals surface area contributed by atoms with Gasteiger partial charge in [-0.25, -0.2) is 4.79 Å². The third kappa shape index (κ3) is 3.14. The Morgan fingerprint density at radius 2 is 2.00 bits per heavy atom. The predicted octanol–water partition coefficient (Wildman–Crippen LogP) is 2.44. The monoisotopic (exact) mass is 331 g/mol. The summed E-state index contributed by atoms with van der Waals surface area (Å²) in [5, 5.41) is 0.665. The summed E-state index contributed by atoms with van der Waals surface area (Å²) in [5.74, 6) is 0.175. The van der Waals surface area contributed by atoms with Crippen LogP contribution in [0.25, 0.3) is 11.0 Å². The normalized spacial score (nSPS) is 21.0. The summed E-state index contributed by atoms with van der Waals surface area (Å²) in [6.07, 6.45) is -0.121. The molecule has 0 bridgehead atoms. The van der Waals surface area contributed by atoms with Crippen molar-refractivity contribution < 1.29 is 18.7 Å². The van der Waals surface area contributed by atoms with Crippen molar-refractivity contribution in [2.45, 2.75) is 33.0 Å². The van der Waals surface area contributed by atoms with E-state index in [9.17, 15) is 9.59 Å². The first-order chi connectivity index (χ1) is 11.5. The van der Waals surface area contributed by atoms with Gasteiger partial charge in [0.1, 0.15) is 5.56 Å². The molecule has 6 nitrogen and oxygen atoms in total. The molecule has 0 unspecified atom stereocenters. The second-order valence-electron chi connectivity index (χ2n) is 6.02. The van der Waals surface area contributed by atoms with Gasteiger partial charge >= 0.3 is 5.63 Å². The Kier molecular flexibility index (Phi) is 4.57. The van der Waals surface area contributed by atoms with Crippen LogP contribution in [0.5, 0.6) is 5.75 Å². The smallest absolute Gasteiger partial charge is 0.349 e. The molecule has 1 aliphatic heterocycles. The van der Waals surface area contributed by atoms with Crippen LogP contribution in [-0.4, -0.2) is 42.7 Å². The molecule has 1 saturated heterocycles. The van der Waals surface area contributed by atoms with Crippen molar-refractivity contribution in [1.82, 2.24) is 4.90 Å². The van der Waals surface area contributed by atoms with E-state index in [-0.39, 0.29) is 23.7 Å². The first-order valence-electron chi connectivity index (χ1n) is 8.14. The minimum atomic E-state index is -0.647. The fourth-order valence-electron chi connectivity index (χ4n) is 3.05. The highest BCUT2D eigenvalue weighted by Crippen LogP contribution is 2.25. The van der Waals surface area contributed by atoms with Crippen molar-refractivity contribution >= 4 is 16.9 Å². The van der Waals surface area contributed by atoms with Gasteiger partial charge in [-0.1, -0.05) is 12.1 Å². The number of rotatable bonds is 3. The minimum Gasteiger partial charge on any atom is -0.490 e. The predicted molar refractivity (Wildman–Crippen MR) is 89.6 cm³/mol. The molecule has 0 N–H and O–H groups in total. The third-order valence-electron chi connectivity index (χ3n) is 3.96. The van der Waals surface area contributed by atoms with E-state index in [4.69, 9.17) is 13.9 Å². The molecule has 1 aromatic heterocycles. The molecule has 2 heterocycles. The molecule has 1 fully saturated rings. The van der Waals surface area contributed by atoms with Crippen LogP contribution in [0.1, 0.15) is 31.1 Å². The van der Waals surface area contributed by atoms with E-state index in [1.165, 1.54) is 0 Å². The molecule has 3 rings (SSSR count). The number of para-hydroxylation sites is 1. The number of fused-ring (bicyclic) bond motifs is 1. The molecule has 1 aliphatic rings. The van der Waals surface area contributed by atoms with Gasteiger partial charge < -0.3 is 18.8 Å². The Hall–Kier alpha value is -2.34. The quantitative estimate of drug-likeness (QED) is 0.808. The zero-order valence-electron chi connectivity index (χ0n) is 14.1. The highest BCUT2D eigenvalue weighted by atomic mass is 16.5. The van der Waals surface area contributed by atoms with Crippen molar-refractivity contribution in [3.05, 3.63) is 40.2 Å². The molecule has 128 valence electrons. The largest absolute Gasteiger partial charge is 0.490 e. The summed E-state index contributed by atoms with van der Waals surface area (Å²) >= 11 is 0. The number of amides is 1. The Bertz CT molecular complexity index is 803. The van der Waals surface area contributed by atoms with Gasteiger partial charge in [0.15, 0.2) is 11.3 Å². The maximum absolute atomic E-state index is 12.7. The van der Waals surface area contributed by atoms with E-state index >= 15 is 0 Å². The Labute approximate surface area is 140 Å². The van der Waals surface area contributed by atoms with Gasteiger partial charge in [0, 0.05) is 18.5 Å². The van der Waals surface area contributed by atoms with Crippen LogP contribution < -0.4 is 10.4 Å². The lowest BCUT2D eigenvalue weighted by atomic mass is 10.1. The summed E-state index contributed by atoms with van der Waals surface area (Å²) in [6.45, 7) is 7.06. The van der Waals surface area contributed by atoms with Crippen molar-refractivity contribution in [1.29, 1.82) is 0 Å². The molecule has 0 radical (unpaired) electrons. The average Bonchev–Trinajstić information content (AvgIpc) is 2.53. The standard InChI is InChI=1S/C18H21NO5/c1-4-22-15-7-5-6-13-8-14(18(21)24-16(13)15)17(20)19-9-11(2)23-12(3)10-19/h5-8,11-12H,4,9-10H2,1-3H3/t11-,12-/m1/s1. The molecule has 0 spiro atoms. The lowest BCUT2D eigenvalue weighted by molar-refractivity contribution is -0.0587. The van der Waals surface area contributed by atoms with E-state index in [2.05, 4.69) is 0 Å². The molecule has 1 aromatic carbocycles. The molecule has 0 aliphatic carbocycles. The molecule has 0 saturated carbocycles. The number of hydrogen-bond acceptors (Lipinski definition) is 5. The third-order valence-corrected chi connectivity index (χ3v) is 3.96. The van der Waals surface area contributed by atoms with Crippen LogP contribution in [-0.2, 0) is 4.74 Å². The first kappa shape index (κ1) is 16.5. The summed E-state index contributed by atoms with van der Waals surface area (Å²) in [7, 11) is 0. The number of morpholine rings is 1. The van der Waals surface area contributed by atoms with Crippen LogP contribution in [0.15, 0.2) is 33.5 Å². The lowest BCUT2D eigenvalue weighted by Crippen LogP contribution is -2.49. The molecule has 24 heavy (non-hydrogen) atoms. The van der Waals surface area contributed by atoms with Crippen LogP contribution in [0.3, 0.4) is 0 Å². The number of nitrogens with zero attached hydrogens (tertiary/aromatic N) is 1. The van der Waals surface area contributed by atoms with Gasteiger partial charge in [-0.2, -0.15) is 0 Å². The second kappa shape index (κ2) is 6.65. The lowest BCUT2D eigenvalue weighted by Gasteiger charge is -2.35. The van der Waals surface area contributed by atoms with Gasteiger partial charge in [0.05, 0.1) is 18.8 Å². The molecule has 2 atom stereocenters. The fraction of sp³-hybridized carbons (Fsp3) is 0.444. The maximum atomic E-state index is 12.7. The molecular formula is C18H21NO5. The first-order valence-corrected chi connectivity index (χ1v) is 8.14. The van der Waals surface area contributed by atoms with Gasteiger partial charge in [-0.05, 0) is 32.9 Å². The minimum absolute atomic E-state index is 0.0393. The van der Waals surface area contributed by atoms with Gasteiger partial charge in [-0.15, -0.1) is 0 Å². The number of carbonyl (C=O) groups is 1. The van der Waals surface area contributed by atoms with E-state index in [0.717, 1.165) is 0 Å². The van der Waals surface area contributed by atoms with Gasteiger partial charge in [0.25, 0.3) is 5.91 Å². The van der Waals surface area contributed by atoms with Crippen LogP contribution in [0, 0.1) is 0 Å². The maximum Gasteiger partial charge on any atom is 0.349 e. The molecule has 6 heteroatoms. The molecule has 1 amide bonds. The number of benzene rings is 1. The van der Waals surface area contributed by atoms with Crippen molar-refractivity contribution in [3.63, 3.8) is 0 Å². The van der Waals surface area contributed by atoms with Gasteiger partial charge in [0.2, 0.25) is 0 Å². The van der Waals surface area contributed by atoms with Crippen molar-refractivity contribution in [2.75, 3.05) is 19.7 Å². The zero-order chi connectivity index (χ0) is 17.3.